The number of anilines is 1. The first-order valence-corrected chi connectivity index (χ1v) is 21.9. The molecule has 2 aromatic rings. The van der Waals surface area contributed by atoms with Crippen LogP contribution in [-0.2, 0) is 41.4 Å². The highest BCUT2D eigenvalue weighted by atomic mass is 35.5. The van der Waals surface area contributed by atoms with Crippen molar-refractivity contribution >= 4 is 69.2 Å². The van der Waals surface area contributed by atoms with Crippen molar-refractivity contribution in [3.8, 4) is 0 Å². The normalized spacial score (nSPS) is 22.8. The number of carboxylic acids is 1. The van der Waals surface area contributed by atoms with Crippen LogP contribution in [0.3, 0.4) is 0 Å². The van der Waals surface area contributed by atoms with Crippen LogP contribution in [0, 0.1) is 5.92 Å². The Morgan fingerprint density at radius 3 is 2.63 bits per heavy atom. The summed E-state index contributed by atoms with van der Waals surface area (Å²) in [6.45, 7) is 4.32. The molecule has 286 valence electrons. The number of aliphatic carboxylic acids is 1. The summed E-state index contributed by atoms with van der Waals surface area (Å²) in [7, 11) is -3.89. The third-order valence-electron chi connectivity index (χ3n) is 9.96. The number of carbonyl (C=O) groups is 3. The van der Waals surface area contributed by atoms with E-state index in [9.17, 15) is 27.9 Å². The lowest BCUT2D eigenvalue weighted by molar-refractivity contribution is -0.146. The highest BCUT2D eigenvalue weighted by Gasteiger charge is 2.48. The molecule has 0 amide bonds. The molecule has 1 saturated heterocycles. The number of fused-ring (bicyclic) bond motifs is 2. The summed E-state index contributed by atoms with van der Waals surface area (Å²) in [6, 6.07) is 8.80. The highest BCUT2D eigenvalue weighted by molar-refractivity contribution is 7.98. The number of nitrogens with zero attached hydrogens (tertiary/aromatic N) is 1. The van der Waals surface area contributed by atoms with Crippen molar-refractivity contribution in [1.82, 2.24) is 19.7 Å². The Morgan fingerprint density at radius 2 is 1.92 bits per heavy atom. The molecule has 16 heteroatoms. The molecule has 6 atom stereocenters. The number of carbonyl (C=O) groups excluding carboxylic acids is 2. The maximum absolute atomic E-state index is 13.2. The minimum Gasteiger partial charge on any atom is -0.480 e. The van der Waals surface area contributed by atoms with Crippen molar-refractivity contribution < 1.29 is 32.6 Å². The molecule has 2 aliphatic heterocycles. The molecule has 5 unspecified atom stereocenters. The molecule has 5 N–H and O–H groups in total. The zero-order valence-corrected chi connectivity index (χ0v) is 32.8. The van der Waals surface area contributed by atoms with E-state index >= 15 is 0 Å². The Balaban J connectivity index is 1.13. The summed E-state index contributed by atoms with van der Waals surface area (Å²) >= 11 is 9.38. The number of hydrogen-bond acceptors (Lipinski definition) is 12. The molecule has 52 heavy (non-hydrogen) atoms. The first-order chi connectivity index (χ1) is 25.0. The lowest BCUT2D eigenvalue weighted by Crippen LogP contribution is -2.55. The number of likely N-dealkylation sites (tertiary alicyclic amines) is 1. The molecule has 1 aliphatic carbocycles. The topological polar surface area (TPSA) is 166 Å². The summed E-state index contributed by atoms with van der Waals surface area (Å²) in [5.41, 5.74) is 2.57. The number of thioether (sulfide) groups is 1. The number of unbranched alkanes of at least 4 members (excludes halogenated alkanes) is 1. The number of ether oxygens (including phenoxy) is 1. The van der Waals surface area contributed by atoms with Crippen molar-refractivity contribution in [3.05, 3.63) is 52.5 Å². The van der Waals surface area contributed by atoms with Gasteiger partial charge in [0.05, 0.1) is 29.5 Å². The molecule has 1 saturated carbocycles. The molecule has 0 radical (unpaired) electrons. The van der Waals surface area contributed by atoms with Gasteiger partial charge in [-0.1, -0.05) is 68.5 Å². The van der Waals surface area contributed by atoms with E-state index in [1.807, 2.05) is 29.2 Å². The van der Waals surface area contributed by atoms with Crippen molar-refractivity contribution in [2.45, 2.75) is 118 Å². The van der Waals surface area contributed by atoms with Crippen LogP contribution in [-0.4, -0.2) is 85.9 Å². The van der Waals surface area contributed by atoms with Crippen LogP contribution in [0.2, 0.25) is 5.02 Å². The first-order valence-electron chi connectivity index (χ1n) is 18.1. The number of esters is 1. The fourth-order valence-electron chi connectivity index (χ4n) is 7.27. The van der Waals surface area contributed by atoms with Crippen LogP contribution < -0.4 is 20.1 Å². The second-order valence-corrected chi connectivity index (χ2v) is 17.6. The lowest BCUT2D eigenvalue weighted by Gasteiger charge is -2.36. The van der Waals surface area contributed by atoms with Crippen LogP contribution in [0.5, 0.6) is 0 Å². The number of hydrogen-bond donors (Lipinski definition) is 5. The predicted molar refractivity (Wildman–Crippen MR) is 206 cm³/mol. The van der Waals surface area contributed by atoms with Crippen molar-refractivity contribution in [1.29, 1.82) is 0 Å². The van der Waals surface area contributed by atoms with Gasteiger partial charge in [-0.05, 0) is 73.7 Å². The van der Waals surface area contributed by atoms with Gasteiger partial charge in [-0.3, -0.25) is 14.5 Å². The van der Waals surface area contributed by atoms with Gasteiger partial charge in [0, 0.05) is 35.5 Å². The summed E-state index contributed by atoms with van der Waals surface area (Å²) in [4.78, 5) is 40.0. The van der Waals surface area contributed by atoms with Crippen LogP contribution in [0.4, 0.5) is 5.69 Å². The fourth-order valence-corrected chi connectivity index (χ4v) is 10.8. The molecule has 0 aromatic heterocycles. The molecule has 12 nitrogen and oxygen atoms in total. The third kappa shape index (κ3) is 10.4. The SMILES string of the molecule is CCCCC1NSc2cc(S(=O)(=O)NCc3ccc(CSCC(NCC(C=O)N4C5CCCCC5C[C@H]4C(=O)O)C(=O)OCC)cc3)c(Cl)cc2N1. The summed E-state index contributed by atoms with van der Waals surface area (Å²) in [5, 5.41) is 16.7. The number of sulfonamides is 1. The molecular weight excluding hydrogens is 746 g/mol. The lowest BCUT2D eigenvalue weighted by atomic mass is 9.84. The monoisotopic (exact) mass is 795 g/mol. The summed E-state index contributed by atoms with van der Waals surface area (Å²) < 4.78 is 37.8. The van der Waals surface area contributed by atoms with Crippen LogP contribution in [0.15, 0.2) is 46.2 Å². The number of nitrogens with one attached hydrogen (secondary N) is 4. The van der Waals surface area contributed by atoms with E-state index in [1.165, 1.54) is 23.7 Å². The first kappa shape index (κ1) is 40.8. The average Bonchev–Trinajstić information content (AvgIpc) is 3.53. The number of halogens is 1. The number of rotatable bonds is 19. The average molecular weight is 796 g/mol. The minimum absolute atomic E-state index is 0.0218. The second-order valence-electron chi connectivity index (χ2n) is 13.6. The summed E-state index contributed by atoms with van der Waals surface area (Å²) in [6.07, 6.45) is 8.48. The predicted octanol–water partition coefficient (Wildman–Crippen LogP) is 5.40. The Hall–Kier alpha value is -2.37. The molecule has 5 rings (SSSR count). The smallest absolute Gasteiger partial charge is 0.323 e. The van der Waals surface area contributed by atoms with Gasteiger partial charge >= 0.3 is 11.9 Å². The van der Waals surface area contributed by atoms with E-state index in [-0.39, 0.29) is 47.7 Å². The Morgan fingerprint density at radius 1 is 1.17 bits per heavy atom. The number of aldehydes is 1. The number of carboxylic acid groups (broad SMARTS) is 1. The quantitative estimate of drug-likeness (QED) is 0.0698. The van der Waals surface area contributed by atoms with Crippen LogP contribution >= 0.6 is 35.3 Å². The minimum atomic E-state index is -3.89. The maximum atomic E-state index is 13.2. The molecule has 0 bridgehead atoms. The van der Waals surface area contributed by atoms with Gasteiger partial charge in [0.25, 0.3) is 0 Å². The highest BCUT2D eigenvalue weighted by Crippen LogP contribution is 2.41. The second kappa shape index (κ2) is 19.3. The zero-order valence-electron chi connectivity index (χ0n) is 29.6. The van der Waals surface area contributed by atoms with Crippen molar-refractivity contribution in [2.75, 3.05) is 24.2 Å². The molecule has 2 fully saturated rings. The van der Waals surface area contributed by atoms with Crippen molar-refractivity contribution in [2.24, 2.45) is 5.92 Å². The maximum Gasteiger partial charge on any atom is 0.323 e. The Labute approximate surface area is 320 Å². The van der Waals surface area contributed by atoms with Gasteiger partial charge < -0.3 is 25.3 Å². The van der Waals surface area contributed by atoms with Gasteiger partial charge in [-0.2, -0.15) is 11.8 Å². The standard InChI is InChI=1S/C36H50ClN5O7S3/c1-3-5-10-34-40-28-16-27(37)33(17-32(28)51-41-34)52(47,48)39-18-23-11-13-24(14-12-23)21-50-22-29(36(46)49-4-2)38-19-26(20-43)42-30-9-7-6-8-25(30)15-31(42)35(44)45/h11-14,16-17,20,25-26,29-31,34,38-41H,3-10,15,18-19,21-22H2,1-2H3,(H,44,45)/t25?,26?,29?,30?,31-,34?/m0/s1. The number of benzene rings is 2. The van der Waals surface area contributed by atoms with Gasteiger partial charge in [0.15, 0.2) is 0 Å². The van der Waals surface area contributed by atoms with E-state index in [0.717, 1.165) is 72.9 Å². The van der Waals surface area contributed by atoms with E-state index in [0.29, 0.717) is 17.9 Å². The summed E-state index contributed by atoms with van der Waals surface area (Å²) in [5.74, 6) is -0.0978. The van der Waals surface area contributed by atoms with Crippen LogP contribution in [0.1, 0.15) is 76.3 Å². The van der Waals surface area contributed by atoms with E-state index in [1.54, 1.807) is 19.1 Å². The van der Waals surface area contributed by atoms with E-state index < -0.39 is 40.1 Å². The van der Waals surface area contributed by atoms with Gasteiger partial charge in [-0.15, -0.1) is 0 Å². The zero-order chi connectivity index (χ0) is 37.3. The largest absolute Gasteiger partial charge is 0.480 e. The molecule has 0 spiro atoms. The fraction of sp³-hybridized carbons (Fsp3) is 0.583. The van der Waals surface area contributed by atoms with Gasteiger partial charge in [0.1, 0.15) is 23.3 Å². The molecule has 2 heterocycles. The third-order valence-corrected chi connectivity index (χ3v) is 13.9. The van der Waals surface area contributed by atoms with Crippen molar-refractivity contribution in [3.63, 3.8) is 0 Å². The molecule has 2 aromatic carbocycles. The Bertz CT molecular complexity index is 1650. The Kier molecular flexibility index (Phi) is 15.1. The van der Waals surface area contributed by atoms with Gasteiger partial charge in [0.2, 0.25) is 10.0 Å². The van der Waals surface area contributed by atoms with Gasteiger partial charge in [-0.25, -0.2) is 17.9 Å². The molecule has 3 aliphatic rings. The van der Waals surface area contributed by atoms with E-state index in [4.69, 9.17) is 16.3 Å². The molecular formula is C36H50ClN5O7S3. The van der Waals surface area contributed by atoms with Crippen LogP contribution in [0.25, 0.3) is 0 Å². The van der Waals surface area contributed by atoms with E-state index in [2.05, 4.69) is 27.0 Å².